The van der Waals surface area contributed by atoms with E-state index in [9.17, 15) is 9.59 Å². The number of benzene rings is 3. The number of carbonyl (C=O) groups is 2. The molecule has 3 aromatic rings. The molecule has 7 heteroatoms. The highest BCUT2D eigenvalue weighted by molar-refractivity contribution is 6.30. The van der Waals surface area contributed by atoms with Gasteiger partial charge in [-0.15, -0.1) is 0 Å². The van der Waals surface area contributed by atoms with Crippen molar-refractivity contribution in [1.29, 1.82) is 0 Å². The van der Waals surface area contributed by atoms with Gasteiger partial charge in [-0.05, 0) is 88.0 Å². The summed E-state index contributed by atoms with van der Waals surface area (Å²) in [6, 6.07) is 27.6. The lowest BCUT2D eigenvalue weighted by molar-refractivity contribution is -0.132. The van der Waals surface area contributed by atoms with Crippen LogP contribution in [-0.2, 0) is 9.59 Å². The Hall–Kier alpha value is -3.45. The minimum absolute atomic E-state index is 0.0599. The lowest BCUT2D eigenvalue weighted by Crippen LogP contribution is -2.60. The van der Waals surface area contributed by atoms with E-state index in [2.05, 4.69) is 64.1 Å². The second-order valence-corrected chi connectivity index (χ2v) is 13.3. The Morgan fingerprint density at radius 1 is 0.911 bits per heavy atom. The number of amides is 2. The Balaban J connectivity index is 1.46. The van der Waals surface area contributed by atoms with Gasteiger partial charge in [-0.1, -0.05) is 90.8 Å². The van der Waals surface area contributed by atoms with Gasteiger partial charge in [-0.25, -0.2) is 0 Å². The molecule has 0 aliphatic carbocycles. The minimum Gasteiger partial charge on any atom is -0.346 e. The molecule has 0 bridgehead atoms. The van der Waals surface area contributed by atoms with Gasteiger partial charge in [-0.3, -0.25) is 9.59 Å². The predicted molar refractivity (Wildman–Crippen MR) is 186 cm³/mol. The van der Waals surface area contributed by atoms with Crippen LogP contribution in [0.2, 0.25) is 5.02 Å². The highest BCUT2D eigenvalue weighted by Gasteiger charge is 2.33. The summed E-state index contributed by atoms with van der Waals surface area (Å²) in [5.74, 6) is -0.0596. The van der Waals surface area contributed by atoms with Crippen molar-refractivity contribution in [1.82, 2.24) is 20.4 Å². The molecule has 0 radical (unpaired) electrons. The van der Waals surface area contributed by atoms with Crippen molar-refractivity contribution in [2.24, 2.45) is 0 Å². The molecule has 45 heavy (non-hydrogen) atoms. The molecule has 2 amide bonds. The second kappa shape index (κ2) is 16.7. The smallest absolute Gasteiger partial charge is 0.244 e. The zero-order valence-electron chi connectivity index (χ0n) is 27.2. The molecule has 1 fully saturated rings. The van der Waals surface area contributed by atoms with E-state index in [1.54, 1.807) is 18.2 Å². The summed E-state index contributed by atoms with van der Waals surface area (Å²) in [5.41, 5.74) is 2.66. The van der Waals surface area contributed by atoms with Gasteiger partial charge >= 0.3 is 0 Å². The molecule has 0 spiro atoms. The van der Waals surface area contributed by atoms with Crippen LogP contribution in [-0.4, -0.2) is 72.5 Å². The standard InChI is InChI=1S/C38H49ClN4O2/c1-29(38(2,3)41-36(44)23-20-30-18-21-33(39)22-19-30)40-35(24-27-43-25-12-7-13-26-43)37(45)42(4)28-34(31-14-8-5-9-15-31)32-16-10-6-11-17-32/h5-6,8-11,14-23,29,34-35,40H,7,12-13,24-28H2,1-4H3,(H,41,44)/b23-20+/t29?,35-/m0/s1. The number of piperidine rings is 1. The molecule has 0 saturated carbocycles. The fourth-order valence-corrected chi connectivity index (χ4v) is 6.03. The van der Waals surface area contributed by atoms with Gasteiger partial charge in [-0.2, -0.15) is 0 Å². The van der Waals surface area contributed by atoms with Crippen LogP contribution >= 0.6 is 11.6 Å². The summed E-state index contributed by atoms with van der Waals surface area (Å²) in [6.45, 7) is 9.63. The number of carbonyl (C=O) groups excluding carboxylic acids is 2. The molecule has 4 rings (SSSR count). The maximum atomic E-state index is 14.2. The highest BCUT2D eigenvalue weighted by atomic mass is 35.5. The fraction of sp³-hybridized carbons (Fsp3) is 0.421. The van der Waals surface area contributed by atoms with Crippen molar-refractivity contribution in [2.75, 3.05) is 33.2 Å². The van der Waals surface area contributed by atoms with Crippen LogP contribution in [0.1, 0.15) is 69.1 Å². The van der Waals surface area contributed by atoms with E-state index in [0.29, 0.717) is 18.0 Å². The van der Waals surface area contributed by atoms with Gasteiger partial charge in [0.05, 0.1) is 6.04 Å². The van der Waals surface area contributed by atoms with Crippen molar-refractivity contribution < 1.29 is 9.59 Å². The Bertz CT molecular complexity index is 1330. The zero-order chi connectivity index (χ0) is 32.2. The number of halogens is 1. The monoisotopic (exact) mass is 628 g/mol. The zero-order valence-corrected chi connectivity index (χ0v) is 28.0. The molecule has 1 aliphatic rings. The molecule has 1 saturated heterocycles. The van der Waals surface area contributed by atoms with E-state index in [4.69, 9.17) is 11.6 Å². The molecule has 2 N–H and O–H groups in total. The van der Waals surface area contributed by atoms with Gasteiger partial charge in [0, 0.05) is 48.7 Å². The van der Waals surface area contributed by atoms with E-state index >= 15 is 0 Å². The Labute approximate surface area is 274 Å². The topological polar surface area (TPSA) is 64.7 Å². The van der Waals surface area contributed by atoms with Crippen molar-refractivity contribution in [3.8, 4) is 0 Å². The molecule has 0 aromatic heterocycles. The predicted octanol–water partition coefficient (Wildman–Crippen LogP) is 6.76. The lowest BCUT2D eigenvalue weighted by atomic mass is 9.90. The first-order valence-corrected chi connectivity index (χ1v) is 16.6. The quantitative estimate of drug-likeness (QED) is 0.194. The van der Waals surface area contributed by atoms with E-state index in [-0.39, 0.29) is 29.8 Å². The number of likely N-dealkylation sites (tertiary alicyclic amines) is 1. The summed E-state index contributed by atoms with van der Waals surface area (Å²) < 4.78 is 0. The Morgan fingerprint density at radius 3 is 2.07 bits per heavy atom. The van der Waals surface area contributed by atoms with Crippen LogP contribution in [0, 0.1) is 0 Å². The van der Waals surface area contributed by atoms with Gasteiger partial charge in [0.2, 0.25) is 11.8 Å². The molecule has 1 aliphatic heterocycles. The number of hydrogen-bond donors (Lipinski definition) is 2. The van der Waals surface area contributed by atoms with Crippen molar-refractivity contribution >= 4 is 29.5 Å². The Kier molecular flexibility index (Phi) is 12.8. The van der Waals surface area contributed by atoms with Crippen molar-refractivity contribution in [3.05, 3.63) is 113 Å². The average molecular weight is 629 g/mol. The third kappa shape index (κ3) is 10.6. The fourth-order valence-electron chi connectivity index (χ4n) is 5.90. The molecule has 1 unspecified atom stereocenters. The number of nitrogens with one attached hydrogen (secondary N) is 2. The lowest BCUT2D eigenvalue weighted by Gasteiger charge is -2.37. The van der Waals surface area contributed by atoms with E-state index < -0.39 is 5.54 Å². The van der Waals surface area contributed by atoms with Gasteiger partial charge in [0.15, 0.2) is 0 Å². The number of likely N-dealkylation sites (N-methyl/N-ethyl adjacent to an activating group) is 1. The normalized spacial score (nSPS) is 15.6. The van der Waals surface area contributed by atoms with Gasteiger partial charge in [0.1, 0.15) is 0 Å². The molecular formula is C38H49ClN4O2. The third-order valence-electron chi connectivity index (χ3n) is 8.99. The SMILES string of the molecule is CC(N[C@@H](CCN1CCCCC1)C(=O)N(C)CC(c1ccccc1)c1ccccc1)C(C)(C)NC(=O)/C=C/c1ccc(Cl)cc1. The van der Waals surface area contributed by atoms with Crippen LogP contribution in [0.5, 0.6) is 0 Å². The van der Waals surface area contributed by atoms with Crippen LogP contribution in [0.25, 0.3) is 6.08 Å². The number of nitrogens with zero attached hydrogens (tertiary/aromatic N) is 2. The van der Waals surface area contributed by atoms with Crippen molar-refractivity contribution in [3.63, 3.8) is 0 Å². The highest BCUT2D eigenvalue weighted by Crippen LogP contribution is 2.26. The molecule has 2 atom stereocenters. The first-order chi connectivity index (χ1) is 21.6. The van der Waals surface area contributed by atoms with E-state index in [0.717, 1.165) is 25.2 Å². The van der Waals surface area contributed by atoms with Crippen LogP contribution in [0.15, 0.2) is 91.0 Å². The molecular weight excluding hydrogens is 580 g/mol. The summed E-state index contributed by atoms with van der Waals surface area (Å²) in [5, 5.41) is 7.44. The molecule has 240 valence electrons. The number of rotatable bonds is 14. The van der Waals surface area contributed by atoms with Crippen LogP contribution in [0.4, 0.5) is 0 Å². The largest absolute Gasteiger partial charge is 0.346 e. The van der Waals surface area contributed by atoms with Crippen molar-refractivity contribution in [2.45, 2.75) is 70.0 Å². The Morgan fingerprint density at radius 2 is 1.49 bits per heavy atom. The maximum absolute atomic E-state index is 14.2. The molecule has 3 aromatic carbocycles. The first-order valence-electron chi connectivity index (χ1n) is 16.2. The third-order valence-corrected chi connectivity index (χ3v) is 9.25. The number of hydrogen-bond acceptors (Lipinski definition) is 4. The van der Waals surface area contributed by atoms with Gasteiger partial charge in [0.25, 0.3) is 0 Å². The average Bonchev–Trinajstić information content (AvgIpc) is 3.05. The minimum atomic E-state index is -0.611. The summed E-state index contributed by atoms with van der Waals surface area (Å²) >= 11 is 5.99. The van der Waals surface area contributed by atoms with E-state index in [1.165, 1.54) is 36.5 Å². The van der Waals surface area contributed by atoms with Gasteiger partial charge < -0.3 is 20.4 Å². The summed E-state index contributed by atoms with van der Waals surface area (Å²) in [6.07, 6.45) is 7.71. The maximum Gasteiger partial charge on any atom is 0.244 e. The summed E-state index contributed by atoms with van der Waals surface area (Å²) in [4.78, 5) is 31.5. The second-order valence-electron chi connectivity index (χ2n) is 12.8. The summed E-state index contributed by atoms with van der Waals surface area (Å²) in [7, 11) is 1.91. The van der Waals surface area contributed by atoms with Crippen LogP contribution in [0.3, 0.4) is 0 Å². The molecule has 1 heterocycles. The first kappa shape index (κ1) is 34.4. The van der Waals surface area contributed by atoms with Crippen LogP contribution < -0.4 is 10.6 Å². The molecule has 6 nitrogen and oxygen atoms in total. The van der Waals surface area contributed by atoms with E-state index in [1.807, 2.05) is 57.0 Å².